The van der Waals surface area contributed by atoms with Gasteiger partial charge in [-0.05, 0) is 24.6 Å². The molecule has 1 heterocycles. The molecule has 0 radical (unpaired) electrons. The van der Waals surface area contributed by atoms with Gasteiger partial charge >= 0.3 is 0 Å². The number of hydrogen-bond donors (Lipinski definition) is 3. The Morgan fingerprint density at radius 3 is 2.82 bits per heavy atom. The first-order valence-electron chi connectivity index (χ1n) is 7.04. The summed E-state index contributed by atoms with van der Waals surface area (Å²) in [4.78, 5) is 23.8. The van der Waals surface area contributed by atoms with Crippen LogP contribution in [0.1, 0.15) is 22.3 Å². The maximum atomic E-state index is 12.1. The van der Waals surface area contributed by atoms with Crippen molar-refractivity contribution in [3.8, 4) is 0 Å². The summed E-state index contributed by atoms with van der Waals surface area (Å²) in [5.74, 6) is -0.249. The Balaban J connectivity index is 0.00000242. The second-order valence-corrected chi connectivity index (χ2v) is 5.04. The van der Waals surface area contributed by atoms with E-state index in [4.69, 9.17) is 4.74 Å². The molecular weight excluding hydrogens is 306 g/mol. The van der Waals surface area contributed by atoms with Crippen molar-refractivity contribution in [2.75, 3.05) is 32.1 Å². The molecule has 0 spiro atoms. The molecule has 1 saturated heterocycles. The number of amides is 2. The van der Waals surface area contributed by atoms with Crippen molar-refractivity contribution >= 4 is 29.9 Å². The number of ether oxygens (including phenoxy) is 1. The van der Waals surface area contributed by atoms with Crippen LogP contribution in [0.4, 0.5) is 5.69 Å². The van der Waals surface area contributed by atoms with Gasteiger partial charge in [-0.1, -0.05) is 6.07 Å². The molecule has 0 bridgehead atoms. The van der Waals surface area contributed by atoms with Crippen molar-refractivity contribution < 1.29 is 14.3 Å². The highest BCUT2D eigenvalue weighted by molar-refractivity contribution is 5.99. The number of benzene rings is 1. The molecule has 1 aliphatic rings. The first-order chi connectivity index (χ1) is 10.1. The van der Waals surface area contributed by atoms with Gasteiger partial charge in [0, 0.05) is 37.3 Å². The van der Waals surface area contributed by atoms with Gasteiger partial charge in [-0.3, -0.25) is 9.59 Å². The zero-order valence-electron chi connectivity index (χ0n) is 12.8. The van der Waals surface area contributed by atoms with E-state index in [2.05, 4.69) is 16.0 Å². The SMILES string of the molecule is CNC(=O)c1cccc(NC(=O)CC2COCCN2)c1C.Cl. The van der Waals surface area contributed by atoms with Gasteiger partial charge in [0.25, 0.3) is 5.91 Å². The number of carbonyl (C=O) groups is 2. The summed E-state index contributed by atoms with van der Waals surface area (Å²) >= 11 is 0. The maximum absolute atomic E-state index is 12.1. The third-order valence-corrected chi connectivity index (χ3v) is 3.51. The molecule has 1 aromatic rings. The van der Waals surface area contributed by atoms with E-state index >= 15 is 0 Å². The summed E-state index contributed by atoms with van der Waals surface area (Å²) < 4.78 is 5.33. The Labute approximate surface area is 136 Å². The first kappa shape index (κ1) is 18.4. The van der Waals surface area contributed by atoms with Gasteiger partial charge in [0.05, 0.1) is 13.2 Å². The molecule has 0 aliphatic carbocycles. The van der Waals surface area contributed by atoms with Gasteiger partial charge in [0.2, 0.25) is 5.91 Å². The molecule has 1 unspecified atom stereocenters. The highest BCUT2D eigenvalue weighted by Crippen LogP contribution is 2.19. The van der Waals surface area contributed by atoms with E-state index in [1.807, 2.05) is 6.92 Å². The maximum Gasteiger partial charge on any atom is 0.251 e. The third-order valence-electron chi connectivity index (χ3n) is 3.51. The van der Waals surface area contributed by atoms with Crippen molar-refractivity contribution in [2.45, 2.75) is 19.4 Å². The molecule has 2 rings (SSSR count). The lowest BCUT2D eigenvalue weighted by Crippen LogP contribution is -2.43. The molecule has 6 nitrogen and oxygen atoms in total. The first-order valence-corrected chi connectivity index (χ1v) is 7.04. The molecule has 1 atom stereocenters. The van der Waals surface area contributed by atoms with Crippen LogP contribution < -0.4 is 16.0 Å². The number of halogens is 1. The number of hydrogen-bond acceptors (Lipinski definition) is 4. The second-order valence-electron chi connectivity index (χ2n) is 5.04. The van der Waals surface area contributed by atoms with Gasteiger partial charge in [-0.25, -0.2) is 0 Å². The minimum Gasteiger partial charge on any atom is -0.378 e. The lowest BCUT2D eigenvalue weighted by molar-refractivity contribution is -0.117. The number of morpholine rings is 1. The standard InChI is InChI=1S/C15H21N3O3.ClH/c1-10-12(15(20)16-2)4-3-5-13(10)18-14(19)8-11-9-21-7-6-17-11;/h3-5,11,17H,6-9H2,1-2H3,(H,16,20)(H,18,19);1H. The lowest BCUT2D eigenvalue weighted by atomic mass is 10.1. The van der Waals surface area contributed by atoms with Gasteiger partial charge in [0.15, 0.2) is 0 Å². The van der Waals surface area contributed by atoms with Crippen LogP contribution in [0, 0.1) is 6.92 Å². The van der Waals surface area contributed by atoms with Gasteiger partial charge in [0.1, 0.15) is 0 Å². The van der Waals surface area contributed by atoms with E-state index in [0.29, 0.717) is 30.9 Å². The molecule has 122 valence electrons. The highest BCUT2D eigenvalue weighted by atomic mass is 35.5. The number of carbonyl (C=O) groups excluding carboxylic acids is 2. The van der Waals surface area contributed by atoms with E-state index in [0.717, 1.165) is 12.1 Å². The quantitative estimate of drug-likeness (QED) is 0.773. The summed E-state index contributed by atoms with van der Waals surface area (Å²) in [7, 11) is 1.59. The van der Waals surface area contributed by atoms with E-state index < -0.39 is 0 Å². The monoisotopic (exact) mass is 327 g/mol. The molecule has 22 heavy (non-hydrogen) atoms. The van der Waals surface area contributed by atoms with Crippen molar-refractivity contribution in [2.24, 2.45) is 0 Å². The summed E-state index contributed by atoms with van der Waals surface area (Å²) in [6.45, 7) is 3.82. The summed E-state index contributed by atoms with van der Waals surface area (Å²) in [6, 6.07) is 5.33. The highest BCUT2D eigenvalue weighted by Gasteiger charge is 2.18. The smallest absolute Gasteiger partial charge is 0.251 e. The van der Waals surface area contributed by atoms with E-state index in [-0.39, 0.29) is 30.3 Å². The minimum absolute atomic E-state index is 0. The fourth-order valence-electron chi connectivity index (χ4n) is 2.33. The topological polar surface area (TPSA) is 79.5 Å². The molecule has 2 amide bonds. The molecule has 1 aromatic carbocycles. The van der Waals surface area contributed by atoms with Crippen LogP contribution in [0.3, 0.4) is 0 Å². The fraction of sp³-hybridized carbons (Fsp3) is 0.467. The normalized spacial score (nSPS) is 17.3. The molecule has 0 aromatic heterocycles. The predicted octanol–water partition coefficient (Wildman–Crippen LogP) is 1.09. The zero-order chi connectivity index (χ0) is 15.2. The van der Waals surface area contributed by atoms with Crippen molar-refractivity contribution in [3.05, 3.63) is 29.3 Å². The second kappa shape index (κ2) is 8.73. The Hall–Kier alpha value is -1.63. The van der Waals surface area contributed by atoms with E-state index in [9.17, 15) is 9.59 Å². The van der Waals surface area contributed by atoms with Crippen molar-refractivity contribution in [3.63, 3.8) is 0 Å². The Morgan fingerprint density at radius 2 is 2.18 bits per heavy atom. The summed E-state index contributed by atoms with van der Waals surface area (Å²) in [6.07, 6.45) is 0.351. The van der Waals surface area contributed by atoms with Crippen LogP contribution >= 0.6 is 12.4 Å². The van der Waals surface area contributed by atoms with Crippen LogP contribution in [0.5, 0.6) is 0 Å². The largest absolute Gasteiger partial charge is 0.378 e. The van der Waals surface area contributed by atoms with Crippen LogP contribution in [-0.2, 0) is 9.53 Å². The molecular formula is C15H22ClN3O3. The average Bonchev–Trinajstić information content (AvgIpc) is 2.49. The Bertz CT molecular complexity index is 531. The van der Waals surface area contributed by atoms with Crippen molar-refractivity contribution in [1.29, 1.82) is 0 Å². The van der Waals surface area contributed by atoms with Gasteiger partial charge in [-0.15, -0.1) is 12.4 Å². The molecule has 1 aliphatic heterocycles. The van der Waals surface area contributed by atoms with Gasteiger partial charge < -0.3 is 20.7 Å². The Kier molecular flexibility index (Phi) is 7.31. The molecule has 3 N–H and O–H groups in total. The average molecular weight is 328 g/mol. The number of nitrogens with one attached hydrogen (secondary N) is 3. The van der Waals surface area contributed by atoms with Crippen LogP contribution in [0.25, 0.3) is 0 Å². The van der Waals surface area contributed by atoms with Crippen LogP contribution in [-0.4, -0.2) is 44.7 Å². The predicted molar refractivity (Wildman–Crippen MR) is 87.7 cm³/mol. The van der Waals surface area contributed by atoms with Crippen molar-refractivity contribution in [1.82, 2.24) is 10.6 Å². The summed E-state index contributed by atoms with van der Waals surface area (Å²) in [5, 5.41) is 8.69. The number of rotatable bonds is 4. The van der Waals surface area contributed by atoms with Crippen LogP contribution in [0.2, 0.25) is 0 Å². The Morgan fingerprint density at radius 1 is 1.41 bits per heavy atom. The molecule has 1 fully saturated rings. The van der Waals surface area contributed by atoms with E-state index in [1.165, 1.54) is 0 Å². The fourth-order valence-corrected chi connectivity index (χ4v) is 2.33. The van der Waals surface area contributed by atoms with E-state index in [1.54, 1.807) is 25.2 Å². The molecule has 7 heteroatoms. The summed E-state index contributed by atoms with van der Waals surface area (Å²) in [5.41, 5.74) is 1.99. The van der Waals surface area contributed by atoms with Gasteiger partial charge in [-0.2, -0.15) is 0 Å². The minimum atomic E-state index is -0.161. The zero-order valence-corrected chi connectivity index (χ0v) is 13.6. The molecule has 0 saturated carbocycles. The number of anilines is 1. The van der Waals surface area contributed by atoms with Crippen LogP contribution in [0.15, 0.2) is 18.2 Å². The third kappa shape index (κ3) is 4.69. The lowest BCUT2D eigenvalue weighted by Gasteiger charge is -2.23.